The lowest BCUT2D eigenvalue weighted by molar-refractivity contribution is 0.0798. The van der Waals surface area contributed by atoms with E-state index in [9.17, 15) is 14.4 Å². The Kier molecular flexibility index (Phi) is 8.52. The second-order valence-electron chi connectivity index (χ2n) is 7.58. The van der Waals surface area contributed by atoms with Crippen molar-refractivity contribution < 1.29 is 19.1 Å². The molecule has 1 fully saturated rings. The van der Waals surface area contributed by atoms with Crippen LogP contribution in [-0.4, -0.2) is 48.7 Å². The SMILES string of the molecule is CCCCOC(=O)N1CCC[C@H](NC(=O)c2sc(-c3cccc(Br)c3)cc2NC(N)=O)C1. The van der Waals surface area contributed by atoms with Crippen LogP contribution in [-0.2, 0) is 4.74 Å². The molecule has 2 aromatic rings. The number of anilines is 1. The quantitative estimate of drug-likeness (QED) is 0.453. The van der Waals surface area contributed by atoms with Gasteiger partial charge in [0.1, 0.15) is 4.88 Å². The number of likely N-dealkylation sites (tertiary alicyclic amines) is 1. The van der Waals surface area contributed by atoms with E-state index in [1.54, 1.807) is 11.0 Å². The second kappa shape index (κ2) is 11.3. The van der Waals surface area contributed by atoms with E-state index in [4.69, 9.17) is 10.5 Å². The van der Waals surface area contributed by atoms with Crippen molar-refractivity contribution in [1.82, 2.24) is 10.2 Å². The fourth-order valence-corrected chi connectivity index (χ4v) is 4.89. The Bertz CT molecular complexity index is 981. The van der Waals surface area contributed by atoms with Crippen molar-refractivity contribution in [3.8, 4) is 10.4 Å². The Morgan fingerprint density at radius 2 is 2.12 bits per heavy atom. The van der Waals surface area contributed by atoms with Gasteiger partial charge in [0, 0.05) is 28.5 Å². The highest BCUT2D eigenvalue weighted by Gasteiger charge is 2.27. The first kappa shape index (κ1) is 24.1. The molecular formula is C22H27BrN4O4S. The summed E-state index contributed by atoms with van der Waals surface area (Å²) in [5, 5.41) is 5.54. The number of urea groups is 1. The number of hydrogen-bond donors (Lipinski definition) is 3. The molecule has 0 saturated carbocycles. The number of nitrogens with one attached hydrogen (secondary N) is 2. The van der Waals surface area contributed by atoms with Crippen LogP contribution in [0.2, 0.25) is 0 Å². The van der Waals surface area contributed by atoms with Crippen molar-refractivity contribution in [2.24, 2.45) is 5.73 Å². The highest BCUT2D eigenvalue weighted by Crippen LogP contribution is 2.36. The van der Waals surface area contributed by atoms with Gasteiger partial charge >= 0.3 is 12.1 Å². The summed E-state index contributed by atoms with van der Waals surface area (Å²) in [4.78, 5) is 39.6. The predicted molar refractivity (Wildman–Crippen MR) is 129 cm³/mol. The minimum atomic E-state index is -0.740. The standard InChI is InChI=1S/C22H27BrN4O4S/c1-2-3-10-31-22(30)27-9-5-8-16(13-27)25-20(28)19-17(26-21(24)29)12-18(32-19)14-6-4-7-15(23)11-14/h4,6-7,11-12,16H,2-3,5,8-10,13H2,1H3,(H,25,28)(H3,24,26,29)/t16-/m0/s1. The lowest BCUT2D eigenvalue weighted by Crippen LogP contribution is -2.49. The van der Waals surface area contributed by atoms with Crippen LogP contribution in [0.5, 0.6) is 0 Å². The van der Waals surface area contributed by atoms with Crippen LogP contribution in [0, 0.1) is 0 Å². The lowest BCUT2D eigenvalue weighted by Gasteiger charge is -2.32. The normalized spacial score (nSPS) is 15.8. The third-order valence-corrected chi connectivity index (χ3v) is 6.72. The minimum Gasteiger partial charge on any atom is -0.449 e. The number of ether oxygens (including phenoxy) is 1. The smallest absolute Gasteiger partial charge is 0.409 e. The van der Waals surface area contributed by atoms with Crippen LogP contribution in [0.4, 0.5) is 15.3 Å². The van der Waals surface area contributed by atoms with Gasteiger partial charge in [-0.25, -0.2) is 9.59 Å². The van der Waals surface area contributed by atoms with E-state index in [0.29, 0.717) is 30.3 Å². The maximum absolute atomic E-state index is 13.1. The summed E-state index contributed by atoms with van der Waals surface area (Å²) in [7, 11) is 0. The van der Waals surface area contributed by atoms with Gasteiger partial charge in [-0.1, -0.05) is 41.4 Å². The number of carbonyl (C=O) groups is 3. The third kappa shape index (κ3) is 6.46. The Morgan fingerprint density at radius 3 is 2.84 bits per heavy atom. The lowest BCUT2D eigenvalue weighted by atomic mass is 10.1. The molecule has 4 N–H and O–H groups in total. The number of unbranched alkanes of at least 4 members (excludes halogenated alkanes) is 1. The summed E-state index contributed by atoms with van der Waals surface area (Å²) in [6.45, 7) is 3.43. The number of thiophene rings is 1. The Hall–Kier alpha value is -2.59. The van der Waals surface area contributed by atoms with E-state index < -0.39 is 6.03 Å². The molecule has 32 heavy (non-hydrogen) atoms. The molecule has 4 amide bonds. The first-order valence-electron chi connectivity index (χ1n) is 10.6. The average Bonchev–Trinajstić information content (AvgIpc) is 3.17. The number of nitrogens with zero attached hydrogens (tertiary/aromatic N) is 1. The minimum absolute atomic E-state index is 0.201. The van der Waals surface area contributed by atoms with Crippen molar-refractivity contribution in [1.29, 1.82) is 0 Å². The van der Waals surface area contributed by atoms with Crippen molar-refractivity contribution in [3.63, 3.8) is 0 Å². The van der Waals surface area contributed by atoms with Crippen molar-refractivity contribution in [3.05, 3.63) is 39.7 Å². The van der Waals surface area contributed by atoms with Gasteiger partial charge in [-0.15, -0.1) is 11.3 Å². The summed E-state index contributed by atoms with van der Waals surface area (Å²) in [6, 6.07) is 8.47. The molecule has 1 atom stereocenters. The highest BCUT2D eigenvalue weighted by atomic mass is 79.9. The van der Waals surface area contributed by atoms with Crippen LogP contribution in [0.15, 0.2) is 34.8 Å². The third-order valence-electron chi connectivity index (χ3n) is 5.04. The monoisotopic (exact) mass is 522 g/mol. The van der Waals surface area contributed by atoms with Gasteiger partial charge in [-0.05, 0) is 43.0 Å². The zero-order chi connectivity index (χ0) is 23.1. The molecular weight excluding hydrogens is 496 g/mol. The van der Waals surface area contributed by atoms with Crippen LogP contribution in [0.1, 0.15) is 42.3 Å². The van der Waals surface area contributed by atoms with Crippen molar-refractivity contribution in [2.45, 2.75) is 38.6 Å². The number of rotatable bonds is 7. The number of halogens is 1. The molecule has 3 rings (SSSR count). The molecule has 1 saturated heterocycles. The van der Waals surface area contributed by atoms with Crippen LogP contribution >= 0.6 is 27.3 Å². The first-order valence-corrected chi connectivity index (χ1v) is 12.2. The maximum Gasteiger partial charge on any atom is 0.409 e. The Balaban J connectivity index is 1.72. The van der Waals surface area contributed by atoms with Gasteiger partial charge in [-0.2, -0.15) is 0 Å². The molecule has 172 valence electrons. The molecule has 2 heterocycles. The fourth-order valence-electron chi connectivity index (χ4n) is 3.48. The molecule has 0 spiro atoms. The average molecular weight is 523 g/mol. The molecule has 1 aromatic heterocycles. The van der Waals surface area contributed by atoms with Crippen LogP contribution in [0.25, 0.3) is 10.4 Å². The maximum atomic E-state index is 13.1. The number of nitrogens with two attached hydrogens (primary N) is 1. The number of benzene rings is 1. The summed E-state index contributed by atoms with van der Waals surface area (Å²) in [6.07, 6.45) is 2.97. The van der Waals surface area contributed by atoms with E-state index in [1.165, 1.54) is 11.3 Å². The van der Waals surface area contributed by atoms with E-state index in [-0.39, 0.29) is 18.0 Å². The number of carbonyl (C=O) groups excluding carboxylic acids is 3. The number of amides is 4. The Morgan fingerprint density at radius 1 is 1.31 bits per heavy atom. The molecule has 10 heteroatoms. The number of primary amides is 1. The van der Waals surface area contributed by atoms with E-state index >= 15 is 0 Å². The van der Waals surface area contributed by atoms with Gasteiger partial charge in [-0.3, -0.25) is 4.79 Å². The molecule has 1 aromatic carbocycles. The van der Waals surface area contributed by atoms with E-state index in [0.717, 1.165) is 40.6 Å². The van der Waals surface area contributed by atoms with Gasteiger partial charge in [0.05, 0.1) is 12.3 Å². The van der Waals surface area contributed by atoms with Gasteiger partial charge in [0.15, 0.2) is 0 Å². The van der Waals surface area contributed by atoms with E-state index in [2.05, 4.69) is 26.6 Å². The summed E-state index contributed by atoms with van der Waals surface area (Å²) >= 11 is 4.72. The fraction of sp³-hybridized carbons (Fsp3) is 0.409. The van der Waals surface area contributed by atoms with Gasteiger partial charge in [0.2, 0.25) is 0 Å². The molecule has 0 bridgehead atoms. The molecule has 1 aliphatic rings. The molecule has 1 aliphatic heterocycles. The van der Waals surface area contributed by atoms with Gasteiger partial charge < -0.3 is 26.0 Å². The van der Waals surface area contributed by atoms with Crippen LogP contribution < -0.4 is 16.4 Å². The zero-order valence-electron chi connectivity index (χ0n) is 17.9. The number of piperidine rings is 1. The largest absolute Gasteiger partial charge is 0.449 e. The number of hydrogen-bond acceptors (Lipinski definition) is 5. The Labute approximate surface area is 199 Å². The topological polar surface area (TPSA) is 114 Å². The molecule has 8 nitrogen and oxygen atoms in total. The first-order chi connectivity index (χ1) is 15.4. The van der Waals surface area contributed by atoms with Crippen molar-refractivity contribution in [2.75, 3.05) is 25.0 Å². The molecule has 0 radical (unpaired) electrons. The predicted octanol–water partition coefficient (Wildman–Crippen LogP) is 4.80. The molecule has 0 aliphatic carbocycles. The van der Waals surface area contributed by atoms with Crippen molar-refractivity contribution >= 4 is 51.0 Å². The summed E-state index contributed by atoms with van der Waals surface area (Å²) in [5.41, 5.74) is 6.58. The van der Waals surface area contributed by atoms with E-state index in [1.807, 2.05) is 31.2 Å². The van der Waals surface area contributed by atoms with Gasteiger partial charge in [0.25, 0.3) is 5.91 Å². The molecule has 0 unspecified atom stereocenters. The summed E-state index contributed by atoms with van der Waals surface area (Å²) in [5.74, 6) is -0.314. The second-order valence-corrected chi connectivity index (χ2v) is 9.55. The van der Waals surface area contributed by atoms with Crippen LogP contribution in [0.3, 0.4) is 0 Å². The zero-order valence-corrected chi connectivity index (χ0v) is 20.3. The highest BCUT2D eigenvalue weighted by molar-refractivity contribution is 9.10. The summed E-state index contributed by atoms with van der Waals surface area (Å²) < 4.78 is 6.21.